The molecule has 2 unspecified atom stereocenters. The van der Waals surface area contributed by atoms with E-state index in [1.165, 1.54) is 7.11 Å². The van der Waals surface area contributed by atoms with Gasteiger partial charge in [-0.2, -0.15) is 0 Å². The zero-order valence-electron chi connectivity index (χ0n) is 15.7. The van der Waals surface area contributed by atoms with Crippen LogP contribution in [0.5, 0.6) is 0 Å². The molecule has 12 heteroatoms. The number of aromatic nitrogens is 2. The van der Waals surface area contributed by atoms with Gasteiger partial charge >= 0.3 is 12.4 Å². The van der Waals surface area contributed by atoms with Gasteiger partial charge in [0.1, 0.15) is 18.3 Å². The van der Waals surface area contributed by atoms with E-state index in [9.17, 15) is 19.6 Å². The Balaban J connectivity index is 2.44. The predicted molar refractivity (Wildman–Crippen MR) is 90.7 cm³/mol. The highest BCUT2D eigenvalue weighted by molar-refractivity contribution is 8.07. The standard InChI is InChI=1S/C13H21N2O8PS/c1-7(2)22-24(19,25)23-10-8(6-16)21-12(11(10)20-3)15-5-4-9(17)14-13(15)18/h4-5,7-8,10-12,16H,6H2,1-3H3,(H,19,25)(H,14,17,18)/t8-,10+,11?,12-,24?/m1/s1/i6D2. The van der Waals surface area contributed by atoms with E-state index < -0.39 is 55.2 Å². The van der Waals surface area contributed by atoms with E-state index in [1.54, 1.807) is 13.8 Å². The molecule has 0 radical (unpaired) electrons. The van der Waals surface area contributed by atoms with Crippen molar-refractivity contribution in [2.24, 2.45) is 0 Å². The molecule has 0 bridgehead atoms. The van der Waals surface area contributed by atoms with Crippen molar-refractivity contribution in [1.82, 2.24) is 9.55 Å². The van der Waals surface area contributed by atoms with Gasteiger partial charge in [0.05, 0.1) is 15.4 Å². The fourth-order valence-corrected chi connectivity index (χ4v) is 4.34. The maximum absolute atomic E-state index is 12.1. The molecule has 0 aliphatic carbocycles. The first kappa shape index (κ1) is 17.5. The van der Waals surface area contributed by atoms with Gasteiger partial charge < -0.3 is 24.0 Å². The van der Waals surface area contributed by atoms with Crippen LogP contribution in [0, 0.1) is 0 Å². The number of hydrogen-bond donors (Lipinski definition) is 3. The number of methoxy groups -OCH3 is 1. The molecule has 1 saturated heterocycles. The lowest BCUT2D eigenvalue weighted by molar-refractivity contribution is -0.0625. The number of ether oxygens (including phenoxy) is 2. The smallest absolute Gasteiger partial charge is 0.330 e. The molecule has 2 rings (SSSR count). The molecule has 0 spiro atoms. The fourth-order valence-electron chi connectivity index (χ4n) is 2.41. The van der Waals surface area contributed by atoms with E-state index in [2.05, 4.69) is 0 Å². The van der Waals surface area contributed by atoms with Crippen molar-refractivity contribution >= 4 is 18.5 Å². The van der Waals surface area contributed by atoms with Gasteiger partial charge in [-0.15, -0.1) is 0 Å². The van der Waals surface area contributed by atoms with E-state index >= 15 is 0 Å². The third-order valence-electron chi connectivity index (χ3n) is 3.31. The summed E-state index contributed by atoms with van der Waals surface area (Å²) in [5.74, 6) is 0. The lowest BCUT2D eigenvalue weighted by atomic mass is 10.1. The zero-order valence-corrected chi connectivity index (χ0v) is 15.4. The van der Waals surface area contributed by atoms with Gasteiger partial charge in [-0.05, 0) is 25.7 Å². The first-order valence-electron chi connectivity index (χ1n) is 8.27. The average molecular weight is 398 g/mol. The summed E-state index contributed by atoms with van der Waals surface area (Å²) in [6.07, 6.45) is -4.86. The largest absolute Gasteiger partial charge is 0.394 e. The number of aromatic amines is 1. The summed E-state index contributed by atoms with van der Waals surface area (Å²) >= 11 is 4.92. The third kappa shape index (κ3) is 4.83. The molecule has 142 valence electrons. The molecule has 2 heterocycles. The van der Waals surface area contributed by atoms with E-state index in [4.69, 9.17) is 33.1 Å². The summed E-state index contributed by atoms with van der Waals surface area (Å²) in [5.41, 5.74) is -1.48. The Kier molecular flexibility index (Phi) is 5.73. The van der Waals surface area contributed by atoms with Crippen LogP contribution in [0.2, 0.25) is 0 Å². The van der Waals surface area contributed by atoms with E-state index in [1.807, 2.05) is 4.98 Å². The van der Waals surface area contributed by atoms with Crippen molar-refractivity contribution in [3.05, 3.63) is 33.1 Å². The average Bonchev–Trinajstić information content (AvgIpc) is 2.83. The molecule has 0 saturated carbocycles. The Morgan fingerprint density at radius 3 is 2.72 bits per heavy atom. The maximum Gasteiger partial charge on any atom is 0.330 e. The first-order chi connectivity index (χ1) is 12.4. The monoisotopic (exact) mass is 398 g/mol. The number of nitrogens with one attached hydrogen (secondary N) is 1. The number of nitrogens with zero attached hydrogens (tertiary/aromatic N) is 1. The summed E-state index contributed by atoms with van der Waals surface area (Å²) in [5, 5.41) is 9.84. The fraction of sp³-hybridized carbons (Fsp3) is 0.692. The second-order valence-corrected chi connectivity index (χ2v) is 8.23. The summed E-state index contributed by atoms with van der Waals surface area (Å²) < 4.78 is 37.4. The quantitative estimate of drug-likeness (QED) is 0.519. The second kappa shape index (κ2) is 8.19. The van der Waals surface area contributed by atoms with Crippen LogP contribution in [-0.4, -0.2) is 57.6 Å². The van der Waals surface area contributed by atoms with E-state index in [-0.39, 0.29) is 0 Å². The minimum absolute atomic E-state index is 0.480. The molecule has 25 heavy (non-hydrogen) atoms. The topological polar surface area (TPSA) is 132 Å². The van der Waals surface area contributed by atoms with Gasteiger partial charge in [-0.25, -0.2) is 4.79 Å². The molecular weight excluding hydrogens is 375 g/mol. The van der Waals surface area contributed by atoms with Gasteiger partial charge in [-0.3, -0.25) is 18.9 Å². The van der Waals surface area contributed by atoms with Crippen LogP contribution in [0.4, 0.5) is 0 Å². The minimum Gasteiger partial charge on any atom is -0.394 e. The minimum atomic E-state index is -3.84. The molecule has 5 atom stereocenters. The molecule has 1 fully saturated rings. The van der Waals surface area contributed by atoms with E-state index in [0.717, 1.165) is 16.8 Å². The molecule has 3 N–H and O–H groups in total. The SMILES string of the molecule is [2H]C([2H])(O)[C@H]1O[C@@H](n2ccc(=O)[nH]c2=O)C(OC)[C@H]1OP(O)(=S)OC(C)C. The van der Waals surface area contributed by atoms with Crippen molar-refractivity contribution in [1.29, 1.82) is 0 Å². The van der Waals surface area contributed by atoms with Crippen LogP contribution < -0.4 is 11.2 Å². The van der Waals surface area contributed by atoms with Gasteiger partial charge in [0.2, 0.25) is 0 Å². The van der Waals surface area contributed by atoms with Gasteiger partial charge in [0, 0.05) is 19.4 Å². The Labute approximate surface area is 151 Å². The Morgan fingerprint density at radius 2 is 2.20 bits per heavy atom. The Bertz CT molecular complexity index is 826. The summed E-state index contributed by atoms with van der Waals surface area (Å²) in [4.78, 5) is 35.6. The highest BCUT2D eigenvalue weighted by Gasteiger charge is 2.49. The van der Waals surface area contributed by atoms with Crippen LogP contribution in [-0.2, 0) is 30.3 Å². The molecule has 1 aromatic heterocycles. The molecule has 10 nitrogen and oxygen atoms in total. The number of H-pyrrole nitrogens is 1. The van der Waals surface area contributed by atoms with Crippen molar-refractivity contribution in [3.63, 3.8) is 0 Å². The summed E-state index contributed by atoms with van der Waals surface area (Å²) in [6, 6.07) is 1.06. The molecule has 1 aliphatic rings. The first-order valence-corrected chi connectivity index (χ1v) is 9.86. The van der Waals surface area contributed by atoms with Crippen LogP contribution in [0.15, 0.2) is 21.9 Å². The molecule has 1 aliphatic heterocycles. The van der Waals surface area contributed by atoms with Gasteiger partial charge in [-0.1, -0.05) is 0 Å². The van der Waals surface area contributed by atoms with Crippen LogP contribution in [0.3, 0.4) is 0 Å². The second-order valence-electron chi connectivity index (χ2n) is 5.49. The lowest BCUT2D eigenvalue weighted by Gasteiger charge is -2.27. The summed E-state index contributed by atoms with van der Waals surface area (Å²) in [7, 11) is 1.24. The Hall–Kier alpha value is -0.910. The summed E-state index contributed by atoms with van der Waals surface area (Å²) in [6.45, 7) is -3.53. The van der Waals surface area contributed by atoms with Gasteiger partial charge in [0.25, 0.3) is 5.56 Å². The number of hydrogen-bond acceptors (Lipinski definition) is 8. The maximum atomic E-state index is 12.1. The van der Waals surface area contributed by atoms with E-state index in [0.29, 0.717) is 0 Å². The molecule has 0 aromatic carbocycles. The van der Waals surface area contributed by atoms with Crippen molar-refractivity contribution in [2.45, 2.75) is 44.5 Å². The highest BCUT2D eigenvalue weighted by atomic mass is 32.5. The van der Waals surface area contributed by atoms with Crippen LogP contribution in [0.1, 0.15) is 22.8 Å². The third-order valence-corrected chi connectivity index (χ3v) is 5.03. The van der Waals surface area contributed by atoms with Crippen LogP contribution >= 0.6 is 6.72 Å². The normalized spacial score (nSPS) is 30.8. The highest BCUT2D eigenvalue weighted by Crippen LogP contribution is 2.49. The number of aliphatic hydroxyl groups is 1. The Morgan fingerprint density at radius 1 is 1.52 bits per heavy atom. The van der Waals surface area contributed by atoms with Gasteiger partial charge in [0.15, 0.2) is 6.23 Å². The number of rotatable bonds is 7. The van der Waals surface area contributed by atoms with Crippen molar-refractivity contribution in [3.8, 4) is 0 Å². The van der Waals surface area contributed by atoms with Crippen molar-refractivity contribution < 1.29 is 31.3 Å². The van der Waals surface area contributed by atoms with Crippen LogP contribution in [0.25, 0.3) is 0 Å². The van der Waals surface area contributed by atoms with Crippen molar-refractivity contribution in [2.75, 3.05) is 13.7 Å². The lowest BCUT2D eigenvalue weighted by Crippen LogP contribution is -2.39. The molecule has 0 amide bonds. The molecular formula is C13H21N2O8PS. The zero-order chi connectivity index (χ0) is 20.6. The predicted octanol–water partition coefficient (Wildman–Crippen LogP) is -0.532. The molecule has 1 aromatic rings.